The molecule has 2 aromatic rings. The number of nitrogens with one attached hydrogen (secondary N) is 1. The second-order valence-corrected chi connectivity index (χ2v) is 7.36. The molecule has 0 saturated carbocycles. The van der Waals surface area contributed by atoms with E-state index < -0.39 is 0 Å². The largest absolute Gasteiger partial charge is 0.494 e. The molecule has 1 N–H and O–H groups in total. The number of rotatable bonds is 4. The van der Waals surface area contributed by atoms with Gasteiger partial charge in [-0.25, -0.2) is 0 Å². The molecule has 0 aliphatic rings. The summed E-state index contributed by atoms with van der Waals surface area (Å²) < 4.78 is 8.46. The average molecular weight is 511 g/mol. The highest BCUT2D eigenvalue weighted by atomic mass is 127. The monoisotopic (exact) mass is 509 g/mol. The third-order valence-electron chi connectivity index (χ3n) is 2.93. The van der Waals surface area contributed by atoms with Crippen molar-refractivity contribution in [2.45, 2.75) is 13.5 Å². The molecule has 0 atom stereocenters. The van der Waals surface area contributed by atoms with Crippen LogP contribution in [-0.4, -0.2) is 7.11 Å². The lowest BCUT2D eigenvalue weighted by Crippen LogP contribution is -2.02. The van der Waals surface area contributed by atoms with E-state index in [4.69, 9.17) is 4.74 Å². The second-order valence-electron chi connectivity index (χ2n) is 4.41. The van der Waals surface area contributed by atoms with Gasteiger partial charge in [0.05, 0.1) is 16.1 Å². The minimum absolute atomic E-state index is 0.766. The summed E-state index contributed by atoms with van der Waals surface area (Å²) in [6, 6.07) is 10.5. The molecule has 0 fully saturated rings. The van der Waals surface area contributed by atoms with E-state index in [2.05, 4.69) is 97.0 Å². The van der Waals surface area contributed by atoms with Gasteiger partial charge in [0.2, 0.25) is 0 Å². The highest BCUT2D eigenvalue weighted by Crippen LogP contribution is 2.34. The summed E-state index contributed by atoms with van der Waals surface area (Å²) in [5.41, 5.74) is 3.60. The fourth-order valence-electron chi connectivity index (χ4n) is 1.93. The molecule has 0 saturated heterocycles. The van der Waals surface area contributed by atoms with E-state index in [9.17, 15) is 0 Å². The number of hydrogen-bond acceptors (Lipinski definition) is 2. The molecule has 0 aliphatic carbocycles. The number of hydrogen-bond donors (Lipinski definition) is 1. The molecular formula is C15H14Br2INO. The normalized spacial score (nSPS) is 10.4. The molecule has 2 nitrogen and oxygen atoms in total. The van der Waals surface area contributed by atoms with E-state index in [1.54, 1.807) is 7.11 Å². The Labute approximate surface area is 149 Å². The van der Waals surface area contributed by atoms with Gasteiger partial charge in [0, 0.05) is 15.8 Å². The van der Waals surface area contributed by atoms with E-state index in [0.29, 0.717) is 0 Å². The zero-order chi connectivity index (χ0) is 14.7. The molecule has 0 heterocycles. The quantitative estimate of drug-likeness (QED) is 0.529. The van der Waals surface area contributed by atoms with Gasteiger partial charge in [-0.05, 0) is 103 Å². The van der Waals surface area contributed by atoms with Crippen molar-refractivity contribution in [3.63, 3.8) is 0 Å². The summed E-state index contributed by atoms with van der Waals surface area (Å²) in [4.78, 5) is 0. The van der Waals surface area contributed by atoms with E-state index in [1.807, 2.05) is 0 Å². The zero-order valence-electron chi connectivity index (χ0n) is 11.1. The third kappa shape index (κ3) is 3.89. The molecule has 0 spiro atoms. The van der Waals surface area contributed by atoms with Crippen LogP contribution in [-0.2, 0) is 6.54 Å². The van der Waals surface area contributed by atoms with Crippen molar-refractivity contribution < 1.29 is 4.74 Å². The lowest BCUT2D eigenvalue weighted by molar-refractivity contribution is 0.409. The van der Waals surface area contributed by atoms with E-state index in [-0.39, 0.29) is 0 Å². The summed E-state index contributed by atoms with van der Waals surface area (Å²) in [5.74, 6) is 0.819. The van der Waals surface area contributed by atoms with Crippen LogP contribution in [0, 0.1) is 10.5 Å². The Morgan fingerprint density at radius 3 is 2.35 bits per heavy atom. The number of halogens is 3. The number of ether oxygens (including phenoxy) is 1. The minimum Gasteiger partial charge on any atom is -0.494 e. The summed E-state index contributed by atoms with van der Waals surface area (Å²) in [5, 5.41) is 3.46. The van der Waals surface area contributed by atoms with Crippen molar-refractivity contribution in [1.82, 2.24) is 0 Å². The molecular weight excluding hydrogens is 497 g/mol. The Kier molecular flexibility index (Phi) is 5.74. The molecule has 0 amide bonds. The molecule has 0 bridgehead atoms. The van der Waals surface area contributed by atoms with E-state index in [1.165, 1.54) is 14.7 Å². The number of benzene rings is 2. The van der Waals surface area contributed by atoms with Crippen LogP contribution in [0.15, 0.2) is 39.3 Å². The third-order valence-corrected chi connectivity index (χ3v) is 4.78. The van der Waals surface area contributed by atoms with Crippen LogP contribution < -0.4 is 10.1 Å². The van der Waals surface area contributed by atoms with Crippen molar-refractivity contribution >= 4 is 60.1 Å². The molecule has 5 heteroatoms. The number of methoxy groups -OCH3 is 1. The Hall–Kier alpha value is -0.270. The predicted octanol–water partition coefficient (Wildman–Crippen LogP) is 5.75. The highest BCUT2D eigenvalue weighted by Gasteiger charge is 2.08. The van der Waals surface area contributed by atoms with Gasteiger partial charge in [0.1, 0.15) is 5.75 Å². The summed E-state index contributed by atoms with van der Waals surface area (Å²) in [6.45, 7) is 2.88. The first-order chi connectivity index (χ1) is 9.51. The van der Waals surface area contributed by atoms with Crippen molar-refractivity contribution in [2.75, 3.05) is 12.4 Å². The maximum Gasteiger partial charge on any atom is 0.147 e. The van der Waals surface area contributed by atoms with Gasteiger partial charge in [0.15, 0.2) is 0 Å². The van der Waals surface area contributed by atoms with Crippen LogP contribution in [0.4, 0.5) is 5.69 Å². The number of anilines is 1. The Morgan fingerprint density at radius 2 is 1.80 bits per heavy atom. The molecule has 0 aliphatic heterocycles. The van der Waals surface area contributed by atoms with Crippen LogP contribution in [0.1, 0.15) is 11.1 Å². The molecule has 2 rings (SSSR count). The maximum absolute atomic E-state index is 5.31. The summed E-state index contributed by atoms with van der Waals surface area (Å²) in [7, 11) is 1.66. The topological polar surface area (TPSA) is 21.3 Å². The predicted molar refractivity (Wildman–Crippen MR) is 99.6 cm³/mol. The van der Waals surface area contributed by atoms with E-state index in [0.717, 1.165) is 26.9 Å². The van der Waals surface area contributed by atoms with Gasteiger partial charge < -0.3 is 10.1 Å². The summed E-state index contributed by atoms with van der Waals surface area (Å²) >= 11 is 9.37. The zero-order valence-corrected chi connectivity index (χ0v) is 16.5. The fraction of sp³-hybridized carbons (Fsp3) is 0.200. The van der Waals surface area contributed by atoms with Gasteiger partial charge in [0.25, 0.3) is 0 Å². The van der Waals surface area contributed by atoms with Crippen LogP contribution in [0.3, 0.4) is 0 Å². The average Bonchev–Trinajstić information content (AvgIpc) is 2.37. The van der Waals surface area contributed by atoms with E-state index >= 15 is 0 Å². The van der Waals surface area contributed by atoms with Crippen molar-refractivity contribution in [3.05, 3.63) is 54.0 Å². The lowest BCUT2D eigenvalue weighted by Gasteiger charge is -2.12. The molecule has 0 radical (unpaired) electrons. The molecule has 0 aromatic heterocycles. The minimum atomic E-state index is 0.766. The fourth-order valence-corrected chi connectivity index (χ4v) is 4.18. The Morgan fingerprint density at radius 1 is 1.15 bits per heavy atom. The molecule has 106 valence electrons. The highest BCUT2D eigenvalue weighted by molar-refractivity contribution is 14.1. The Bertz CT molecular complexity index is 608. The van der Waals surface area contributed by atoms with Gasteiger partial charge >= 0.3 is 0 Å². The molecule has 0 unspecified atom stereocenters. The first kappa shape index (κ1) is 16.1. The summed E-state index contributed by atoms with van der Waals surface area (Å²) in [6.07, 6.45) is 0. The molecule has 2 aromatic carbocycles. The molecule has 20 heavy (non-hydrogen) atoms. The second kappa shape index (κ2) is 7.13. The van der Waals surface area contributed by atoms with Crippen molar-refractivity contribution in [3.8, 4) is 5.75 Å². The van der Waals surface area contributed by atoms with Gasteiger partial charge in [-0.15, -0.1) is 0 Å². The van der Waals surface area contributed by atoms with Crippen LogP contribution in [0.5, 0.6) is 5.75 Å². The van der Waals surface area contributed by atoms with Gasteiger partial charge in [-0.2, -0.15) is 0 Å². The van der Waals surface area contributed by atoms with Crippen LogP contribution in [0.25, 0.3) is 0 Å². The van der Waals surface area contributed by atoms with Crippen molar-refractivity contribution in [2.24, 2.45) is 0 Å². The van der Waals surface area contributed by atoms with Gasteiger partial charge in [-0.3, -0.25) is 0 Å². The van der Waals surface area contributed by atoms with Crippen LogP contribution >= 0.6 is 54.5 Å². The standard InChI is InChI=1S/C15H14Br2INO/c1-9-5-11(18)3-4-14(9)19-8-10-6-12(16)15(20-2)13(17)7-10/h3-7,19H,8H2,1-2H3. The van der Waals surface area contributed by atoms with Gasteiger partial charge in [-0.1, -0.05) is 0 Å². The smallest absolute Gasteiger partial charge is 0.147 e. The Balaban J connectivity index is 2.15. The SMILES string of the molecule is COc1c(Br)cc(CNc2ccc(I)cc2C)cc1Br. The lowest BCUT2D eigenvalue weighted by atomic mass is 10.1. The van der Waals surface area contributed by atoms with Crippen molar-refractivity contribution in [1.29, 1.82) is 0 Å². The first-order valence-electron chi connectivity index (χ1n) is 6.03. The van der Waals surface area contributed by atoms with Crippen LogP contribution in [0.2, 0.25) is 0 Å². The first-order valence-corrected chi connectivity index (χ1v) is 8.69. The number of aryl methyl sites for hydroxylation is 1. The maximum atomic E-state index is 5.31.